The largest absolute Gasteiger partial charge is 0.381 e. The van der Waals surface area contributed by atoms with Crippen LogP contribution in [0.4, 0.5) is 13.2 Å². The number of halogens is 3. The van der Waals surface area contributed by atoms with Crippen molar-refractivity contribution in [2.45, 2.75) is 37.9 Å². The first-order chi connectivity index (χ1) is 16.5. The topological polar surface area (TPSA) is 80.5 Å². The molecule has 0 unspecified atom stereocenters. The number of rotatable bonds is 5. The minimum absolute atomic E-state index is 0.0233. The summed E-state index contributed by atoms with van der Waals surface area (Å²) in [6, 6.07) is 4.08. The maximum Gasteiger partial charge on any atom is 0.251 e. The lowest BCUT2D eigenvalue weighted by Crippen LogP contribution is -2.39. The number of ether oxygens (including phenoxy) is 1. The van der Waals surface area contributed by atoms with Crippen LogP contribution in [0, 0.1) is 17.6 Å². The molecule has 180 valence electrons. The predicted octanol–water partition coefficient (Wildman–Crippen LogP) is 3.07. The molecule has 2 atom stereocenters. The first kappa shape index (κ1) is 22.8. The lowest BCUT2D eigenvalue weighted by atomic mass is 9.92. The molecule has 0 aliphatic carbocycles. The number of carbonyl (C=O) groups is 1. The highest BCUT2D eigenvalue weighted by Crippen LogP contribution is 2.27. The molecule has 0 bridgehead atoms. The van der Waals surface area contributed by atoms with Gasteiger partial charge >= 0.3 is 0 Å². The van der Waals surface area contributed by atoms with Crippen molar-refractivity contribution in [2.24, 2.45) is 5.92 Å². The number of nitrogens with one attached hydrogen (secondary N) is 2. The van der Waals surface area contributed by atoms with E-state index in [0.29, 0.717) is 49.6 Å². The van der Waals surface area contributed by atoms with E-state index in [-0.39, 0.29) is 29.8 Å². The average Bonchev–Trinajstić information content (AvgIpc) is 3.26. The molecule has 2 saturated heterocycles. The smallest absolute Gasteiger partial charge is 0.251 e. The van der Waals surface area contributed by atoms with E-state index in [0.717, 1.165) is 18.9 Å². The van der Waals surface area contributed by atoms with Gasteiger partial charge in [0.1, 0.15) is 23.3 Å². The second-order valence-electron chi connectivity index (χ2n) is 8.87. The summed E-state index contributed by atoms with van der Waals surface area (Å²) < 4.78 is 50.4. The second-order valence-corrected chi connectivity index (χ2v) is 8.87. The maximum atomic E-state index is 14.7. The third-order valence-electron chi connectivity index (χ3n) is 6.55. The van der Waals surface area contributed by atoms with Crippen LogP contribution in [0.5, 0.6) is 0 Å². The van der Waals surface area contributed by atoms with Crippen LogP contribution in [0.2, 0.25) is 0 Å². The Morgan fingerprint density at radius 3 is 2.82 bits per heavy atom. The molecular formula is C24H26F3N5O2. The van der Waals surface area contributed by atoms with Gasteiger partial charge in [0, 0.05) is 49.5 Å². The lowest BCUT2D eigenvalue weighted by Gasteiger charge is -2.26. The van der Waals surface area contributed by atoms with Gasteiger partial charge in [0.15, 0.2) is 5.82 Å². The van der Waals surface area contributed by atoms with Crippen molar-refractivity contribution in [3.8, 4) is 11.4 Å². The maximum absolute atomic E-state index is 14.7. The Balaban J connectivity index is 1.41. The molecule has 0 spiro atoms. The van der Waals surface area contributed by atoms with E-state index in [4.69, 9.17) is 4.74 Å². The summed E-state index contributed by atoms with van der Waals surface area (Å²) in [5, 5.41) is 6.10. The molecule has 2 fully saturated rings. The van der Waals surface area contributed by atoms with E-state index >= 15 is 0 Å². The Hall–Kier alpha value is -2.98. The molecule has 2 aliphatic heterocycles. The Morgan fingerprint density at radius 1 is 1.21 bits per heavy atom. The van der Waals surface area contributed by atoms with Gasteiger partial charge in [-0.05, 0) is 44.4 Å². The number of carbonyl (C=O) groups excluding carboxylic acids is 1. The van der Waals surface area contributed by atoms with E-state index in [9.17, 15) is 18.0 Å². The molecular weight excluding hydrogens is 447 g/mol. The van der Waals surface area contributed by atoms with Crippen LogP contribution in [0.1, 0.15) is 35.3 Å². The van der Waals surface area contributed by atoms with Crippen molar-refractivity contribution in [2.75, 3.05) is 26.3 Å². The minimum Gasteiger partial charge on any atom is -0.381 e. The summed E-state index contributed by atoms with van der Waals surface area (Å²) >= 11 is 0. The number of nitrogens with zero attached hydrogens (tertiary/aromatic N) is 3. The Kier molecular flexibility index (Phi) is 6.51. The van der Waals surface area contributed by atoms with Gasteiger partial charge in [0.25, 0.3) is 5.91 Å². The van der Waals surface area contributed by atoms with Crippen molar-refractivity contribution >= 4 is 11.6 Å². The third kappa shape index (κ3) is 4.65. The van der Waals surface area contributed by atoms with Crippen molar-refractivity contribution in [1.29, 1.82) is 0 Å². The second kappa shape index (κ2) is 9.71. The summed E-state index contributed by atoms with van der Waals surface area (Å²) in [6.45, 7) is 2.24. The van der Waals surface area contributed by atoms with Gasteiger partial charge in [-0.25, -0.2) is 23.1 Å². The number of hydrogen-bond donors (Lipinski definition) is 2. The molecule has 7 nitrogen and oxygen atoms in total. The number of alkyl halides is 1. The molecule has 34 heavy (non-hydrogen) atoms. The highest BCUT2D eigenvalue weighted by molar-refractivity contribution is 5.95. The summed E-state index contributed by atoms with van der Waals surface area (Å²) in [5.74, 6) is -2.26. The summed E-state index contributed by atoms with van der Waals surface area (Å²) in [4.78, 5) is 21.2. The van der Waals surface area contributed by atoms with Crippen LogP contribution in [0.25, 0.3) is 17.0 Å². The molecule has 0 radical (unpaired) electrons. The van der Waals surface area contributed by atoms with Gasteiger partial charge in [-0.2, -0.15) is 0 Å². The molecule has 2 N–H and O–H groups in total. The average molecular weight is 473 g/mol. The fraction of sp³-hybridized carbons (Fsp3) is 0.458. The van der Waals surface area contributed by atoms with Crippen LogP contribution in [-0.4, -0.2) is 58.8 Å². The minimum atomic E-state index is -1.06. The molecule has 0 saturated carbocycles. The molecule has 10 heteroatoms. The van der Waals surface area contributed by atoms with E-state index in [1.54, 1.807) is 22.7 Å². The fourth-order valence-electron chi connectivity index (χ4n) is 4.57. The number of imidazole rings is 1. The standard InChI is InChI=1S/C24H26F3N5O2/c25-17-1-5-28-12-15(17)9-20-18(26)11-19(27)23(31-20)21-13-29-22-10-14(2-6-32(21)22)24(33)30-16-3-7-34-8-4-16/h2,6,10-11,13,15-17,28H,1,3-5,7-9,12H2,(H,30,33)/t15-,17-/m0/s1. The SMILES string of the molecule is O=C(NC1CCOCC1)c1ccn2c(-c3nc(C[C@H]4CNCC[C@@H]4F)c(F)cc3F)cnc2c1. The quantitative estimate of drug-likeness (QED) is 0.596. The molecule has 0 aromatic carbocycles. The third-order valence-corrected chi connectivity index (χ3v) is 6.55. The van der Waals surface area contributed by atoms with Crippen LogP contribution in [-0.2, 0) is 11.2 Å². The summed E-state index contributed by atoms with van der Waals surface area (Å²) in [6.07, 6.45) is 3.95. The molecule has 3 aromatic heterocycles. The van der Waals surface area contributed by atoms with E-state index < -0.39 is 23.7 Å². The van der Waals surface area contributed by atoms with Gasteiger partial charge in [0.2, 0.25) is 0 Å². The van der Waals surface area contributed by atoms with Crippen LogP contribution >= 0.6 is 0 Å². The Bertz CT molecular complexity index is 1190. The molecule has 3 aromatic rings. The summed E-state index contributed by atoms with van der Waals surface area (Å²) in [5.41, 5.74) is 1.14. The van der Waals surface area contributed by atoms with E-state index in [2.05, 4.69) is 20.6 Å². The highest BCUT2D eigenvalue weighted by atomic mass is 19.1. The lowest BCUT2D eigenvalue weighted by molar-refractivity contribution is 0.0696. The van der Waals surface area contributed by atoms with Crippen molar-refractivity contribution in [1.82, 2.24) is 25.0 Å². The number of hydrogen-bond acceptors (Lipinski definition) is 5. The zero-order chi connectivity index (χ0) is 23.7. The number of pyridine rings is 2. The van der Waals surface area contributed by atoms with Crippen LogP contribution in [0.15, 0.2) is 30.6 Å². The molecule has 1 amide bonds. The number of amides is 1. The van der Waals surface area contributed by atoms with Gasteiger partial charge in [-0.3, -0.25) is 9.20 Å². The molecule has 5 heterocycles. The van der Waals surface area contributed by atoms with Crippen molar-refractivity contribution < 1.29 is 22.7 Å². The van der Waals surface area contributed by atoms with Crippen molar-refractivity contribution in [3.63, 3.8) is 0 Å². The highest BCUT2D eigenvalue weighted by Gasteiger charge is 2.27. The summed E-state index contributed by atoms with van der Waals surface area (Å²) in [7, 11) is 0. The van der Waals surface area contributed by atoms with E-state index in [1.165, 1.54) is 6.20 Å². The molecule has 2 aliphatic rings. The van der Waals surface area contributed by atoms with Gasteiger partial charge in [-0.15, -0.1) is 0 Å². The van der Waals surface area contributed by atoms with E-state index in [1.807, 2.05) is 0 Å². The zero-order valence-corrected chi connectivity index (χ0v) is 18.6. The fourth-order valence-corrected chi connectivity index (χ4v) is 4.57. The molecule has 5 rings (SSSR count). The van der Waals surface area contributed by atoms with Gasteiger partial charge in [0.05, 0.1) is 17.6 Å². The zero-order valence-electron chi connectivity index (χ0n) is 18.6. The Morgan fingerprint density at radius 2 is 2.03 bits per heavy atom. The van der Waals surface area contributed by atoms with Crippen molar-refractivity contribution in [3.05, 3.63) is 53.5 Å². The number of aromatic nitrogens is 3. The number of piperidine rings is 1. The van der Waals surface area contributed by atoms with Gasteiger partial charge < -0.3 is 15.4 Å². The van der Waals surface area contributed by atoms with Crippen LogP contribution in [0.3, 0.4) is 0 Å². The first-order valence-electron chi connectivity index (χ1n) is 11.6. The van der Waals surface area contributed by atoms with Crippen LogP contribution < -0.4 is 10.6 Å². The number of fused-ring (bicyclic) bond motifs is 1. The predicted molar refractivity (Wildman–Crippen MR) is 119 cm³/mol. The normalized spacial score (nSPS) is 21.6. The van der Waals surface area contributed by atoms with Gasteiger partial charge in [-0.1, -0.05) is 0 Å². The first-order valence-corrected chi connectivity index (χ1v) is 11.6. The monoisotopic (exact) mass is 473 g/mol. The Labute approximate surface area is 194 Å².